The molecular formula is C12H18N2O4. The fourth-order valence-electron chi connectivity index (χ4n) is 1.28. The Hall–Kier alpha value is -1.47. The molecule has 0 amide bonds. The third kappa shape index (κ3) is 4.42. The third-order valence-corrected chi connectivity index (χ3v) is 2.39. The molecule has 6 nitrogen and oxygen atoms in total. The number of anilines is 1. The first kappa shape index (κ1) is 14.6. The van der Waals surface area contributed by atoms with Crippen molar-refractivity contribution in [1.29, 1.82) is 0 Å². The molecule has 0 aliphatic carbocycles. The molecule has 18 heavy (non-hydrogen) atoms. The van der Waals surface area contributed by atoms with Crippen molar-refractivity contribution >= 4 is 11.9 Å². The van der Waals surface area contributed by atoms with Gasteiger partial charge in [0, 0.05) is 0 Å². The summed E-state index contributed by atoms with van der Waals surface area (Å²) in [5.41, 5.74) is 3.38. The molecule has 1 aromatic carbocycles. The van der Waals surface area contributed by atoms with Gasteiger partial charge < -0.3 is 20.4 Å². The summed E-state index contributed by atoms with van der Waals surface area (Å²) >= 11 is 0. The fraction of sp³-hybridized carbons (Fsp3) is 0.417. The molecule has 6 heteroatoms. The maximum atomic E-state index is 9.50. The van der Waals surface area contributed by atoms with Crippen LogP contribution in [0.4, 0.5) is 5.69 Å². The molecule has 0 aliphatic rings. The molecule has 1 aromatic rings. The molecule has 0 saturated carbocycles. The van der Waals surface area contributed by atoms with Gasteiger partial charge in [0.1, 0.15) is 18.3 Å². The summed E-state index contributed by atoms with van der Waals surface area (Å²) in [6.45, 7) is 1.32. The monoisotopic (exact) mass is 254 g/mol. The van der Waals surface area contributed by atoms with Crippen molar-refractivity contribution < 1.29 is 20.4 Å². The lowest BCUT2D eigenvalue weighted by atomic mass is 10.1. The second-order valence-electron chi connectivity index (χ2n) is 3.97. The van der Waals surface area contributed by atoms with E-state index in [0.717, 1.165) is 11.9 Å². The smallest absolute Gasteiger partial charge is 0.119 e. The number of aliphatic hydroxyl groups is 4. The minimum absolute atomic E-state index is 0.728. The molecule has 1 rings (SSSR count). The van der Waals surface area contributed by atoms with E-state index < -0.39 is 24.4 Å². The number of rotatable bonds is 6. The molecule has 5 N–H and O–H groups in total. The first-order chi connectivity index (χ1) is 8.52. The Kier molecular flexibility index (Phi) is 5.73. The summed E-state index contributed by atoms with van der Waals surface area (Å²) < 4.78 is 0. The number of nitrogens with one attached hydrogen (secondary N) is 1. The molecule has 0 radical (unpaired) electrons. The summed E-state index contributed by atoms with van der Waals surface area (Å²) in [4.78, 5) is 0. The molecule has 0 spiro atoms. The molecule has 0 aliphatic heterocycles. The van der Waals surface area contributed by atoms with E-state index in [1.54, 1.807) is 12.1 Å². The predicted molar refractivity (Wildman–Crippen MR) is 68.3 cm³/mol. The van der Waals surface area contributed by atoms with Gasteiger partial charge in [-0.05, 0) is 19.1 Å². The van der Waals surface area contributed by atoms with Crippen molar-refractivity contribution in [3.8, 4) is 0 Å². The van der Waals surface area contributed by atoms with E-state index >= 15 is 0 Å². The first-order valence-electron chi connectivity index (χ1n) is 5.59. The van der Waals surface area contributed by atoms with E-state index in [9.17, 15) is 15.3 Å². The number of nitrogens with zero attached hydrogens (tertiary/aromatic N) is 1. The zero-order valence-electron chi connectivity index (χ0n) is 10.0. The molecule has 4 atom stereocenters. The van der Waals surface area contributed by atoms with E-state index in [1.807, 2.05) is 18.2 Å². The van der Waals surface area contributed by atoms with Crippen LogP contribution in [-0.4, -0.2) is 51.1 Å². The Morgan fingerprint density at radius 2 is 1.67 bits per heavy atom. The average Bonchev–Trinajstić information content (AvgIpc) is 2.38. The third-order valence-electron chi connectivity index (χ3n) is 2.39. The highest BCUT2D eigenvalue weighted by molar-refractivity contribution is 5.65. The molecule has 0 fully saturated rings. The first-order valence-corrected chi connectivity index (χ1v) is 5.59. The summed E-state index contributed by atoms with van der Waals surface area (Å²) in [6.07, 6.45) is -4.37. The highest BCUT2D eigenvalue weighted by Crippen LogP contribution is 2.06. The predicted octanol–water partition coefficient (Wildman–Crippen LogP) is -0.452. The molecule has 0 unspecified atom stereocenters. The molecule has 0 aromatic heterocycles. The Morgan fingerprint density at radius 1 is 1.06 bits per heavy atom. The standard InChI is InChI=1S/C12H18N2O4/c1-8(15)11(17)12(18)10(16)7-13-14-9-5-3-2-4-6-9/h2-8,10-12,14-18H,1H3/b13-7+/t8-,10-,11+,12-/m1/s1. The van der Waals surface area contributed by atoms with Crippen LogP contribution >= 0.6 is 0 Å². The highest BCUT2D eigenvalue weighted by atomic mass is 16.4. The zero-order valence-corrected chi connectivity index (χ0v) is 10.0. The largest absolute Gasteiger partial charge is 0.391 e. The SMILES string of the molecule is C[C@@H](O)[C@H](O)[C@H](O)[C@H](O)/C=N/Nc1ccccc1. The minimum Gasteiger partial charge on any atom is -0.391 e. The van der Waals surface area contributed by atoms with Crippen LogP contribution in [0, 0.1) is 0 Å². The summed E-state index contributed by atoms with van der Waals surface area (Å²) in [7, 11) is 0. The van der Waals surface area contributed by atoms with Crippen molar-refractivity contribution in [2.45, 2.75) is 31.3 Å². The second-order valence-corrected chi connectivity index (χ2v) is 3.97. The van der Waals surface area contributed by atoms with E-state index in [0.29, 0.717) is 0 Å². The maximum absolute atomic E-state index is 9.50. The van der Waals surface area contributed by atoms with E-state index in [-0.39, 0.29) is 0 Å². The van der Waals surface area contributed by atoms with Crippen molar-refractivity contribution in [3.05, 3.63) is 30.3 Å². The van der Waals surface area contributed by atoms with Crippen molar-refractivity contribution in [3.63, 3.8) is 0 Å². The number of benzene rings is 1. The van der Waals surface area contributed by atoms with Crippen molar-refractivity contribution in [2.24, 2.45) is 5.10 Å². The average molecular weight is 254 g/mol. The van der Waals surface area contributed by atoms with Gasteiger partial charge in [-0.2, -0.15) is 5.10 Å². The van der Waals surface area contributed by atoms with Crippen LogP contribution in [0.15, 0.2) is 35.4 Å². The van der Waals surface area contributed by atoms with Gasteiger partial charge in [-0.15, -0.1) is 0 Å². The van der Waals surface area contributed by atoms with E-state index in [1.165, 1.54) is 6.92 Å². The Balaban J connectivity index is 2.47. The number of aliphatic hydroxyl groups excluding tert-OH is 4. The Labute approximate surface area is 105 Å². The van der Waals surface area contributed by atoms with E-state index in [4.69, 9.17) is 5.11 Å². The minimum atomic E-state index is -1.49. The van der Waals surface area contributed by atoms with Gasteiger partial charge in [0.25, 0.3) is 0 Å². The fourth-order valence-corrected chi connectivity index (χ4v) is 1.28. The van der Waals surface area contributed by atoms with Gasteiger partial charge in [-0.25, -0.2) is 0 Å². The summed E-state index contributed by atoms with van der Waals surface area (Å²) in [6, 6.07) is 9.06. The van der Waals surface area contributed by atoms with Gasteiger partial charge in [0.2, 0.25) is 0 Å². The normalized spacial score (nSPS) is 18.3. The zero-order chi connectivity index (χ0) is 13.5. The molecule has 100 valence electrons. The van der Waals surface area contributed by atoms with Crippen LogP contribution in [0.2, 0.25) is 0 Å². The maximum Gasteiger partial charge on any atom is 0.119 e. The number of para-hydroxylation sites is 1. The highest BCUT2D eigenvalue weighted by Gasteiger charge is 2.26. The molecule has 0 heterocycles. The van der Waals surface area contributed by atoms with Crippen LogP contribution in [-0.2, 0) is 0 Å². The van der Waals surface area contributed by atoms with Gasteiger partial charge >= 0.3 is 0 Å². The van der Waals surface area contributed by atoms with Crippen LogP contribution in [0.1, 0.15) is 6.92 Å². The van der Waals surface area contributed by atoms with E-state index in [2.05, 4.69) is 10.5 Å². The van der Waals surface area contributed by atoms with Crippen molar-refractivity contribution in [1.82, 2.24) is 0 Å². The second kappa shape index (κ2) is 7.07. The lowest BCUT2D eigenvalue weighted by molar-refractivity contribution is -0.0820. The molecular weight excluding hydrogens is 236 g/mol. The van der Waals surface area contributed by atoms with Crippen molar-refractivity contribution in [2.75, 3.05) is 5.43 Å². The van der Waals surface area contributed by atoms with Crippen LogP contribution in [0.3, 0.4) is 0 Å². The molecule has 0 bridgehead atoms. The number of hydrogen-bond acceptors (Lipinski definition) is 6. The van der Waals surface area contributed by atoms with Crippen LogP contribution < -0.4 is 5.43 Å². The lowest BCUT2D eigenvalue weighted by Gasteiger charge is -2.22. The number of hydrogen-bond donors (Lipinski definition) is 5. The molecule has 0 saturated heterocycles. The topological polar surface area (TPSA) is 105 Å². The van der Waals surface area contributed by atoms with Crippen LogP contribution in [0.25, 0.3) is 0 Å². The number of hydrazone groups is 1. The lowest BCUT2D eigenvalue weighted by Crippen LogP contribution is -2.44. The van der Waals surface area contributed by atoms with Gasteiger partial charge in [-0.1, -0.05) is 18.2 Å². The summed E-state index contributed by atoms with van der Waals surface area (Å²) in [5.74, 6) is 0. The van der Waals surface area contributed by atoms with Gasteiger partial charge in [0.15, 0.2) is 0 Å². The Morgan fingerprint density at radius 3 is 2.22 bits per heavy atom. The van der Waals surface area contributed by atoms with Gasteiger partial charge in [-0.3, -0.25) is 5.43 Å². The van der Waals surface area contributed by atoms with Gasteiger partial charge in [0.05, 0.1) is 18.0 Å². The quantitative estimate of drug-likeness (QED) is 0.349. The van der Waals surface area contributed by atoms with Crippen LogP contribution in [0.5, 0.6) is 0 Å². The summed E-state index contributed by atoms with van der Waals surface area (Å²) in [5, 5.41) is 41.1. The Bertz CT molecular complexity index is 370.